The van der Waals surface area contributed by atoms with E-state index in [1.165, 1.54) is 3.57 Å². The summed E-state index contributed by atoms with van der Waals surface area (Å²) in [6, 6.07) is 17.5. The van der Waals surface area contributed by atoms with Gasteiger partial charge < -0.3 is 24.4 Å². The zero-order valence-electron chi connectivity index (χ0n) is 18.7. The molecule has 0 aromatic heterocycles. The molecule has 8 heteroatoms. The Morgan fingerprint density at radius 3 is 2.33 bits per heavy atom. The summed E-state index contributed by atoms with van der Waals surface area (Å²) in [5.74, 6) is 2.46. The molecule has 0 aliphatic heterocycles. The van der Waals surface area contributed by atoms with Crippen molar-refractivity contribution in [1.29, 1.82) is 0 Å². The molecule has 0 unspecified atom stereocenters. The standard InChI is InChI=1S/C25H26ClIN2O4/c1-4-32-24-13-19(11-21(26)25(24)33-16-17-5-8-20(27)9-6-17)15-29-28-14-18-7-10-22(30-2)23(12-18)31-3/h5-13,15,28H,4,14,16H2,1-3H3/b29-15+. The molecule has 0 aliphatic rings. The number of halogens is 2. The van der Waals surface area contributed by atoms with Crippen LogP contribution in [0, 0.1) is 3.57 Å². The molecule has 3 aromatic carbocycles. The van der Waals surface area contributed by atoms with E-state index < -0.39 is 0 Å². The third kappa shape index (κ3) is 7.17. The molecule has 0 amide bonds. The number of rotatable bonds is 11. The summed E-state index contributed by atoms with van der Waals surface area (Å²) < 4.78 is 23.5. The quantitative estimate of drug-likeness (QED) is 0.170. The molecule has 6 nitrogen and oxygen atoms in total. The van der Waals surface area contributed by atoms with Crippen molar-refractivity contribution in [3.05, 3.63) is 79.9 Å². The van der Waals surface area contributed by atoms with Crippen LogP contribution in [0.4, 0.5) is 0 Å². The lowest BCUT2D eigenvalue weighted by Crippen LogP contribution is -2.06. The van der Waals surface area contributed by atoms with E-state index in [2.05, 4.69) is 33.1 Å². The summed E-state index contributed by atoms with van der Waals surface area (Å²) >= 11 is 8.79. The highest BCUT2D eigenvalue weighted by Crippen LogP contribution is 2.37. The number of hydrazone groups is 1. The Labute approximate surface area is 213 Å². The second-order valence-corrected chi connectivity index (χ2v) is 8.61. The topological polar surface area (TPSA) is 61.3 Å². The van der Waals surface area contributed by atoms with Gasteiger partial charge in [0.1, 0.15) is 6.61 Å². The Morgan fingerprint density at radius 2 is 1.64 bits per heavy atom. The van der Waals surface area contributed by atoms with Gasteiger partial charge in [-0.25, -0.2) is 0 Å². The monoisotopic (exact) mass is 580 g/mol. The molecule has 0 atom stereocenters. The molecule has 174 valence electrons. The van der Waals surface area contributed by atoms with Crippen LogP contribution < -0.4 is 24.4 Å². The fraction of sp³-hybridized carbons (Fsp3) is 0.240. The first kappa shape index (κ1) is 25.0. The highest BCUT2D eigenvalue weighted by Gasteiger charge is 2.13. The molecule has 0 saturated carbocycles. The molecule has 0 bridgehead atoms. The number of nitrogens with one attached hydrogen (secondary N) is 1. The number of ether oxygens (including phenoxy) is 4. The summed E-state index contributed by atoms with van der Waals surface area (Å²) in [5, 5.41) is 4.77. The summed E-state index contributed by atoms with van der Waals surface area (Å²) in [5.41, 5.74) is 5.90. The molecule has 0 radical (unpaired) electrons. The average molecular weight is 581 g/mol. The van der Waals surface area contributed by atoms with Crippen LogP contribution in [0.2, 0.25) is 5.02 Å². The van der Waals surface area contributed by atoms with Gasteiger partial charge in [-0.2, -0.15) is 5.10 Å². The average Bonchev–Trinajstić information content (AvgIpc) is 2.82. The molecule has 0 spiro atoms. The fourth-order valence-corrected chi connectivity index (χ4v) is 3.68. The SMILES string of the molecule is CCOc1cc(/C=N/NCc2ccc(OC)c(OC)c2)cc(Cl)c1OCc1ccc(I)cc1. The van der Waals surface area contributed by atoms with Crippen molar-refractivity contribution in [2.75, 3.05) is 20.8 Å². The summed E-state index contributed by atoms with van der Waals surface area (Å²) in [7, 11) is 3.22. The predicted molar refractivity (Wildman–Crippen MR) is 140 cm³/mol. The van der Waals surface area contributed by atoms with Crippen molar-refractivity contribution in [2.45, 2.75) is 20.1 Å². The van der Waals surface area contributed by atoms with E-state index in [-0.39, 0.29) is 0 Å². The summed E-state index contributed by atoms with van der Waals surface area (Å²) in [4.78, 5) is 0. The van der Waals surface area contributed by atoms with Gasteiger partial charge in [-0.05, 0) is 82.6 Å². The Bertz CT molecular complexity index is 1090. The van der Waals surface area contributed by atoms with Crippen LogP contribution >= 0.6 is 34.2 Å². The van der Waals surface area contributed by atoms with Crippen molar-refractivity contribution in [2.24, 2.45) is 5.10 Å². The Morgan fingerprint density at radius 1 is 0.909 bits per heavy atom. The number of hydrogen-bond donors (Lipinski definition) is 1. The van der Waals surface area contributed by atoms with E-state index in [4.69, 9.17) is 30.5 Å². The second kappa shape index (κ2) is 12.6. The summed E-state index contributed by atoms with van der Waals surface area (Å²) in [6.07, 6.45) is 1.69. The molecule has 0 fully saturated rings. The molecular formula is C25H26ClIN2O4. The van der Waals surface area contributed by atoms with Gasteiger partial charge in [-0.3, -0.25) is 0 Å². The van der Waals surface area contributed by atoms with Crippen LogP contribution in [0.3, 0.4) is 0 Å². The molecule has 33 heavy (non-hydrogen) atoms. The Kier molecular flexibility index (Phi) is 9.50. The maximum Gasteiger partial charge on any atom is 0.180 e. The van der Waals surface area contributed by atoms with Crippen molar-refractivity contribution in [1.82, 2.24) is 5.43 Å². The van der Waals surface area contributed by atoms with Crippen molar-refractivity contribution in [3.8, 4) is 23.0 Å². The lowest BCUT2D eigenvalue weighted by Gasteiger charge is -2.14. The van der Waals surface area contributed by atoms with E-state index in [0.29, 0.717) is 47.8 Å². The minimum Gasteiger partial charge on any atom is -0.493 e. The number of methoxy groups -OCH3 is 2. The smallest absolute Gasteiger partial charge is 0.180 e. The first-order valence-corrected chi connectivity index (χ1v) is 11.8. The lowest BCUT2D eigenvalue weighted by atomic mass is 10.2. The van der Waals surface area contributed by atoms with Crippen LogP contribution in [0.25, 0.3) is 0 Å². The minimum absolute atomic E-state index is 0.400. The van der Waals surface area contributed by atoms with Crippen LogP contribution in [0.15, 0.2) is 59.7 Å². The molecule has 0 heterocycles. The second-order valence-electron chi connectivity index (χ2n) is 6.96. The summed E-state index contributed by atoms with van der Waals surface area (Å²) in [6.45, 7) is 3.34. The van der Waals surface area contributed by atoms with Gasteiger partial charge >= 0.3 is 0 Å². The number of benzene rings is 3. The van der Waals surface area contributed by atoms with Crippen molar-refractivity contribution >= 4 is 40.4 Å². The van der Waals surface area contributed by atoms with Gasteiger partial charge in [0.25, 0.3) is 0 Å². The van der Waals surface area contributed by atoms with Gasteiger partial charge in [-0.15, -0.1) is 0 Å². The molecule has 0 aliphatic carbocycles. The van der Waals surface area contributed by atoms with Gasteiger partial charge in [0.2, 0.25) is 0 Å². The molecule has 3 rings (SSSR count). The van der Waals surface area contributed by atoms with Crippen molar-refractivity contribution in [3.63, 3.8) is 0 Å². The van der Waals surface area contributed by atoms with E-state index in [1.807, 2.05) is 55.5 Å². The first-order valence-electron chi connectivity index (χ1n) is 10.3. The van der Waals surface area contributed by atoms with Crippen LogP contribution in [-0.4, -0.2) is 27.0 Å². The zero-order chi connectivity index (χ0) is 23.6. The Balaban J connectivity index is 1.66. The highest BCUT2D eigenvalue weighted by atomic mass is 127. The van der Waals surface area contributed by atoms with Crippen LogP contribution in [0.1, 0.15) is 23.6 Å². The van der Waals surface area contributed by atoms with Crippen LogP contribution in [0.5, 0.6) is 23.0 Å². The minimum atomic E-state index is 0.400. The van der Waals surface area contributed by atoms with Crippen LogP contribution in [-0.2, 0) is 13.2 Å². The van der Waals surface area contributed by atoms with E-state index in [1.54, 1.807) is 26.5 Å². The van der Waals surface area contributed by atoms with E-state index >= 15 is 0 Å². The largest absolute Gasteiger partial charge is 0.493 e. The van der Waals surface area contributed by atoms with Gasteiger partial charge in [-0.1, -0.05) is 29.8 Å². The molecular weight excluding hydrogens is 555 g/mol. The van der Waals surface area contributed by atoms with Gasteiger partial charge in [0, 0.05) is 3.57 Å². The highest BCUT2D eigenvalue weighted by molar-refractivity contribution is 14.1. The third-order valence-electron chi connectivity index (χ3n) is 4.66. The lowest BCUT2D eigenvalue weighted by molar-refractivity contribution is 0.269. The van der Waals surface area contributed by atoms with Gasteiger partial charge in [0.15, 0.2) is 23.0 Å². The third-order valence-corrected chi connectivity index (χ3v) is 5.66. The zero-order valence-corrected chi connectivity index (χ0v) is 21.6. The van der Waals surface area contributed by atoms with E-state index in [0.717, 1.165) is 16.7 Å². The van der Waals surface area contributed by atoms with Gasteiger partial charge in [0.05, 0.1) is 38.6 Å². The first-order chi connectivity index (χ1) is 16.0. The predicted octanol–water partition coefficient (Wildman–Crippen LogP) is 6.06. The number of hydrogen-bond acceptors (Lipinski definition) is 6. The normalized spacial score (nSPS) is 10.8. The fourth-order valence-electron chi connectivity index (χ4n) is 3.05. The molecule has 0 saturated heterocycles. The Hall–Kier alpha value is -2.65. The maximum atomic E-state index is 6.52. The maximum absolute atomic E-state index is 6.52. The molecule has 3 aromatic rings. The number of nitrogens with zero attached hydrogens (tertiary/aromatic N) is 1. The van der Waals surface area contributed by atoms with E-state index in [9.17, 15) is 0 Å². The molecule has 1 N–H and O–H groups in total. The van der Waals surface area contributed by atoms with Crippen molar-refractivity contribution < 1.29 is 18.9 Å².